The van der Waals surface area contributed by atoms with Crippen molar-refractivity contribution in [1.29, 1.82) is 0 Å². The molecule has 1 aromatic rings. The average Bonchev–Trinajstić information content (AvgIpc) is 2.71. The molecule has 1 fully saturated rings. The van der Waals surface area contributed by atoms with Crippen LogP contribution < -0.4 is 10.0 Å². The molecule has 0 aliphatic heterocycles. The van der Waals surface area contributed by atoms with Gasteiger partial charge in [-0.2, -0.15) is 0 Å². The zero-order valence-electron chi connectivity index (χ0n) is 12.4. The molecule has 20 heavy (non-hydrogen) atoms. The summed E-state index contributed by atoms with van der Waals surface area (Å²) in [4.78, 5) is 0.390. The van der Waals surface area contributed by atoms with E-state index in [2.05, 4.69) is 23.9 Å². The molecule has 2 rings (SSSR count). The first-order valence-corrected chi connectivity index (χ1v) is 8.69. The molecule has 1 saturated carbocycles. The number of nitrogens with one attached hydrogen (secondary N) is 2. The van der Waals surface area contributed by atoms with E-state index in [0.717, 1.165) is 18.4 Å². The van der Waals surface area contributed by atoms with E-state index in [0.29, 0.717) is 23.3 Å². The van der Waals surface area contributed by atoms with Gasteiger partial charge in [0.1, 0.15) is 0 Å². The number of sulfonamides is 1. The molecule has 4 nitrogen and oxygen atoms in total. The van der Waals surface area contributed by atoms with Gasteiger partial charge in [-0.15, -0.1) is 0 Å². The SMILES string of the molecule is CNCc1ccccc1S(=O)(=O)NC1CCC(C)C1C. The van der Waals surface area contributed by atoms with Crippen LogP contribution >= 0.6 is 0 Å². The summed E-state index contributed by atoms with van der Waals surface area (Å²) in [6, 6.07) is 7.22. The molecule has 112 valence electrons. The smallest absolute Gasteiger partial charge is 0.241 e. The zero-order valence-corrected chi connectivity index (χ0v) is 13.2. The van der Waals surface area contributed by atoms with Crippen LogP contribution in [0.3, 0.4) is 0 Å². The molecule has 0 saturated heterocycles. The summed E-state index contributed by atoms with van der Waals surface area (Å²) in [5.74, 6) is 0.969. The Labute approximate surface area is 122 Å². The van der Waals surface area contributed by atoms with Crippen molar-refractivity contribution in [2.45, 2.75) is 44.2 Å². The molecule has 0 radical (unpaired) electrons. The van der Waals surface area contributed by atoms with Gasteiger partial charge in [-0.25, -0.2) is 13.1 Å². The number of hydrogen-bond acceptors (Lipinski definition) is 3. The van der Waals surface area contributed by atoms with E-state index in [4.69, 9.17) is 0 Å². The van der Waals surface area contributed by atoms with Gasteiger partial charge >= 0.3 is 0 Å². The van der Waals surface area contributed by atoms with E-state index in [9.17, 15) is 8.42 Å². The van der Waals surface area contributed by atoms with Crippen LogP contribution in [0.25, 0.3) is 0 Å². The van der Waals surface area contributed by atoms with Gasteiger partial charge in [0.15, 0.2) is 0 Å². The Hall–Kier alpha value is -0.910. The first kappa shape index (κ1) is 15.5. The Kier molecular flexibility index (Phi) is 4.83. The third-order valence-corrected chi connectivity index (χ3v) is 5.99. The van der Waals surface area contributed by atoms with Crippen molar-refractivity contribution >= 4 is 10.0 Å². The second-order valence-electron chi connectivity index (χ2n) is 5.78. The summed E-state index contributed by atoms with van der Waals surface area (Å²) in [6.45, 7) is 4.87. The molecule has 2 N–H and O–H groups in total. The van der Waals surface area contributed by atoms with Crippen LogP contribution in [0.15, 0.2) is 29.2 Å². The van der Waals surface area contributed by atoms with Gasteiger partial charge in [0.05, 0.1) is 4.90 Å². The lowest BCUT2D eigenvalue weighted by Crippen LogP contribution is -2.37. The van der Waals surface area contributed by atoms with Crippen molar-refractivity contribution in [3.05, 3.63) is 29.8 Å². The van der Waals surface area contributed by atoms with Gasteiger partial charge in [0, 0.05) is 12.6 Å². The molecular weight excluding hydrogens is 272 g/mol. The maximum atomic E-state index is 12.6. The second kappa shape index (κ2) is 6.24. The molecule has 0 amide bonds. The monoisotopic (exact) mass is 296 g/mol. The third-order valence-electron chi connectivity index (χ3n) is 4.40. The van der Waals surface area contributed by atoms with Crippen molar-refractivity contribution in [3.8, 4) is 0 Å². The molecule has 0 aromatic heterocycles. The van der Waals surface area contributed by atoms with E-state index in [1.807, 2.05) is 19.2 Å². The number of benzene rings is 1. The number of rotatable bonds is 5. The average molecular weight is 296 g/mol. The van der Waals surface area contributed by atoms with Crippen LogP contribution in [0.2, 0.25) is 0 Å². The summed E-state index contributed by atoms with van der Waals surface area (Å²) < 4.78 is 28.1. The minimum Gasteiger partial charge on any atom is -0.316 e. The maximum absolute atomic E-state index is 12.6. The van der Waals surface area contributed by atoms with Gasteiger partial charge in [-0.3, -0.25) is 0 Å². The predicted molar refractivity (Wildman–Crippen MR) is 80.9 cm³/mol. The summed E-state index contributed by atoms with van der Waals surface area (Å²) in [6.07, 6.45) is 2.02. The Balaban J connectivity index is 2.23. The summed E-state index contributed by atoms with van der Waals surface area (Å²) in [5.41, 5.74) is 0.807. The fourth-order valence-corrected chi connectivity index (χ4v) is 4.50. The molecule has 0 spiro atoms. The van der Waals surface area contributed by atoms with Crippen LogP contribution in [0, 0.1) is 11.8 Å². The van der Waals surface area contributed by atoms with E-state index >= 15 is 0 Å². The summed E-state index contributed by atoms with van der Waals surface area (Å²) in [5, 5.41) is 3.01. The van der Waals surface area contributed by atoms with Crippen LogP contribution in [0.1, 0.15) is 32.3 Å². The van der Waals surface area contributed by atoms with Gasteiger partial charge in [-0.05, 0) is 43.4 Å². The molecule has 5 heteroatoms. The van der Waals surface area contributed by atoms with Gasteiger partial charge < -0.3 is 5.32 Å². The van der Waals surface area contributed by atoms with E-state index in [1.165, 1.54) is 0 Å². The summed E-state index contributed by atoms with van der Waals surface area (Å²) >= 11 is 0. The largest absolute Gasteiger partial charge is 0.316 e. The molecule has 1 aliphatic rings. The minimum atomic E-state index is -3.44. The second-order valence-corrected chi connectivity index (χ2v) is 7.46. The molecule has 0 bridgehead atoms. The molecule has 3 atom stereocenters. The first-order chi connectivity index (χ1) is 9.45. The van der Waals surface area contributed by atoms with Crippen molar-refractivity contribution < 1.29 is 8.42 Å². The normalized spacial score (nSPS) is 26.9. The zero-order chi connectivity index (χ0) is 14.8. The van der Waals surface area contributed by atoms with Gasteiger partial charge in [0.25, 0.3) is 0 Å². The molecular formula is C15H24N2O2S. The van der Waals surface area contributed by atoms with Crippen molar-refractivity contribution in [1.82, 2.24) is 10.0 Å². The molecule has 3 unspecified atom stereocenters. The van der Waals surface area contributed by atoms with Crippen LogP contribution in [0.5, 0.6) is 0 Å². The fraction of sp³-hybridized carbons (Fsp3) is 0.600. The fourth-order valence-electron chi connectivity index (χ4n) is 2.90. The van der Waals surface area contributed by atoms with Crippen molar-refractivity contribution in [2.75, 3.05) is 7.05 Å². The highest BCUT2D eigenvalue weighted by Gasteiger charge is 2.33. The molecule has 1 aliphatic carbocycles. The highest BCUT2D eigenvalue weighted by molar-refractivity contribution is 7.89. The lowest BCUT2D eigenvalue weighted by atomic mass is 9.98. The molecule has 1 aromatic carbocycles. The van der Waals surface area contributed by atoms with Crippen molar-refractivity contribution in [2.24, 2.45) is 11.8 Å². The van der Waals surface area contributed by atoms with E-state index < -0.39 is 10.0 Å². The standard InChI is InChI=1S/C15H24N2O2S/c1-11-8-9-14(12(11)2)17-20(18,19)15-7-5-4-6-13(15)10-16-3/h4-7,11-12,14,16-17H,8-10H2,1-3H3. The summed E-state index contributed by atoms with van der Waals surface area (Å²) in [7, 11) is -1.63. The first-order valence-electron chi connectivity index (χ1n) is 7.20. The Morgan fingerprint density at radius 1 is 1.20 bits per heavy atom. The molecule has 0 heterocycles. The van der Waals surface area contributed by atoms with Crippen molar-refractivity contribution in [3.63, 3.8) is 0 Å². The van der Waals surface area contributed by atoms with E-state index in [1.54, 1.807) is 12.1 Å². The lowest BCUT2D eigenvalue weighted by Gasteiger charge is -2.20. The number of hydrogen-bond donors (Lipinski definition) is 2. The maximum Gasteiger partial charge on any atom is 0.241 e. The highest BCUT2D eigenvalue weighted by Crippen LogP contribution is 2.32. The Morgan fingerprint density at radius 2 is 1.90 bits per heavy atom. The lowest BCUT2D eigenvalue weighted by molar-refractivity contribution is 0.402. The predicted octanol–water partition coefficient (Wildman–Crippen LogP) is 2.12. The Morgan fingerprint density at radius 3 is 2.50 bits per heavy atom. The van der Waals surface area contributed by atoms with Gasteiger partial charge in [-0.1, -0.05) is 32.0 Å². The van der Waals surface area contributed by atoms with Crippen LogP contribution in [-0.4, -0.2) is 21.5 Å². The minimum absolute atomic E-state index is 0.0534. The topological polar surface area (TPSA) is 58.2 Å². The quantitative estimate of drug-likeness (QED) is 0.875. The van der Waals surface area contributed by atoms with Crippen LogP contribution in [-0.2, 0) is 16.6 Å². The third kappa shape index (κ3) is 3.22. The Bertz CT molecular complexity index is 557. The van der Waals surface area contributed by atoms with E-state index in [-0.39, 0.29) is 6.04 Å². The highest BCUT2D eigenvalue weighted by atomic mass is 32.2. The van der Waals surface area contributed by atoms with Crippen LogP contribution in [0.4, 0.5) is 0 Å². The van der Waals surface area contributed by atoms with Gasteiger partial charge in [0.2, 0.25) is 10.0 Å².